The maximum absolute atomic E-state index is 2.46. The molecule has 8 aromatic carbocycles. The number of fused-ring (bicyclic) bond motifs is 6. The van der Waals surface area contributed by atoms with E-state index < -0.39 is 0 Å². The van der Waals surface area contributed by atoms with Gasteiger partial charge in [0.05, 0.1) is 5.69 Å². The predicted molar refractivity (Wildman–Crippen MR) is 209 cm³/mol. The molecular weight excluding hydrogens is 591 g/mol. The molecule has 1 heteroatoms. The number of benzene rings is 8. The van der Waals surface area contributed by atoms with Crippen LogP contribution < -0.4 is 4.90 Å². The summed E-state index contributed by atoms with van der Waals surface area (Å²) in [6.07, 6.45) is 0. The van der Waals surface area contributed by atoms with Crippen LogP contribution in [0.25, 0.3) is 54.9 Å². The molecule has 0 atom stereocenters. The van der Waals surface area contributed by atoms with Gasteiger partial charge in [-0.15, -0.1) is 0 Å². The van der Waals surface area contributed by atoms with Crippen molar-refractivity contribution < 1.29 is 0 Å². The Hall–Kier alpha value is -5.92. The first kappa shape index (κ1) is 29.2. The molecule has 49 heavy (non-hydrogen) atoms. The van der Waals surface area contributed by atoms with Crippen LogP contribution in [-0.2, 0) is 5.41 Å². The number of nitrogens with zero attached hydrogens (tertiary/aromatic N) is 1. The number of anilines is 3. The van der Waals surface area contributed by atoms with E-state index >= 15 is 0 Å². The summed E-state index contributed by atoms with van der Waals surface area (Å²) < 4.78 is 0. The Kier molecular flexibility index (Phi) is 6.78. The molecule has 0 saturated heterocycles. The van der Waals surface area contributed by atoms with E-state index in [0.717, 1.165) is 5.69 Å². The molecule has 1 nitrogen and oxygen atoms in total. The molecule has 1 aliphatic carbocycles. The van der Waals surface area contributed by atoms with Crippen molar-refractivity contribution in [1.29, 1.82) is 0 Å². The van der Waals surface area contributed by atoms with E-state index in [1.807, 2.05) is 0 Å². The Labute approximate surface area is 288 Å². The zero-order chi connectivity index (χ0) is 33.1. The van der Waals surface area contributed by atoms with Crippen molar-refractivity contribution >= 4 is 38.6 Å². The highest BCUT2D eigenvalue weighted by molar-refractivity contribution is 6.14. The van der Waals surface area contributed by atoms with Gasteiger partial charge in [0.2, 0.25) is 0 Å². The molecule has 0 aliphatic heterocycles. The predicted octanol–water partition coefficient (Wildman–Crippen LogP) is 13.4. The van der Waals surface area contributed by atoms with Gasteiger partial charge in [0.1, 0.15) is 0 Å². The molecule has 0 heterocycles. The van der Waals surface area contributed by atoms with Crippen molar-refractivity contribution in [2.45, 2.75) is 26.2 Å². The van der Waals surface area contributed by atoms with E-state index in [0.29, 0.717) is 0 Å². The van der Waals surface area contributed by atoms with Crippen molar-refractivity contribution in [3.63, 3.8) is 0 Å². The van der Waals surface area contributed by atoms with Crippen LogP contribution in [0, 0.1) is 6.92 Å². The van der Waals surface area contributed by atoms with Crippen molar-refractivity contribution in [2.24, 2.45) is 0 Å². The Morgan fingerprint density at radius 2 is 0.980 bits per heavy atom. The fraction of sp³-hybridized carbons (Fsp3) is 0.0833. The topological polar surface area (TPSA) is 3.24 Å². The van der Waals surface area contributed by atoms with Crippen LogP contribution in [0.4, 0.5) is 17.1 Å². The molecule has 0 fully saturated rings. The molecule has 0 bridgehead atoms. The smallest absolute Gasteiger partial charge is 0.0546 e. The highest BCUT2D eigenvalue weighted by Gasteiger charge is 2.36. The van der Waals surface area contributed by atoms with Crippen molar-refractivity contribution in [1.82, 2.24) is 0 Å². The first-order chi connectivity index (χ1) is 24.0. The standard InChI is InChI=1S/C48H37N/c1-32-12-11-16-38(28-32)49(47-30-37-15-7-8-17-40(37)41-18-9-10-19-44(41)47)39-25-27-43-42-26-24-36(29-45(42)48(2,3)46(43)31-39)35-22-20-34(21-23-35)33-13-5-4-6-14-33/h4-31H,1-3H3. The lowest BCUT2D eigenvalue weighted by atomic mass is 9.81. The molecule has 234 valence electrons. The second kappa shape index (κ2) is 11.4. The molecule has 0 amide bonds. The minimum atomic E-state index is -0.162. The van der Waals surface area contributed by atoms with Gasteiger partial charge in [-0.05, 0) is 110 Å². The molecule has 0 spiro atoms. The second-order valence-electron chi connectivity index (χ2n) is 13.9. The van der Waals surface area contributed by atoms with Crippen LogP contribution in [-0.4, -0.2) is 0 Å². The van der Waals surface area contributed by atoms with Crippen LogP contribution in [0.3, 0.4) is 0 Å². The van der Waals surface area contributed by atoms with Gasteiger partial charge in [-0.3, -0.25) is 0 Å². The van der Waals surface area contributed by atoms with Crippen molar-refractivity contribution in [3.05, 3.63) is 187 Å². The molecule has 0 saturated carbocycles. The molecular formula is C48H37N. The highest BCUT2D eigenvalue weighted by Crippen LogP contribution is 2.52. The van der Waals surface area contributed by atoms with Gasteiger partial charge in [0.15, 0.2) is 0 Å². The fourth-order valence-electron chi connectivity index (χ4n) is 7.94. The summed E-state index contributed by atoms with van der Waals surface area (Å²) in [6.45, 7) is 6.94. The third-order valence-electron chi connectivity index (χ3n) is 10.5. The summed E-state index contributed by atoms with van der Waals surface area (Å²) in [6, 6.07) is 62.5. The van der Waals surface area contributed by atoms with Crippen LogP contribution >= 0.6 is 0 Å². The van der Waals surface area contributed by atoms with Crippen molar-refractivity contribution in [2.75, 3.05) is 4.90 Å². The Morgan fingerprint density at radius 3 is 1.73 bits per heavy atom. The average molecular weight is 628 g/mol. The molecule has 0 N–H and O–H groups in total. The normalized spacial score (nSPS) is 13.0. The third-order valence-corrected chi connectivity index (χ3v) is 10.5. The van der Waals surface area contributed by atoms with Gasteiger partial charge in [-0.1, -0.05) is 147 Å². The first-order valence-electron chi connectivity index (χ1n) is 17.2. The summed E-state index contributed by atoms with van der Waals surface area (Å²) in [7, 11) is 0. The zero-order valence-corrected chi connectivity index (χ0v) is 28.1. The summed E-state index contributed by atoms with van der Waals surface area (Å²) >= 11 is 0. The Morgan fingerprint density at radius 1 is 0.408 bits per heavy atom. The van der Waals surface area contributed by atoms with E-state index in [1.165, 1.54) is 83.0 Å². The van der Waals surface area contributed by atoms with Gasteiger partial charge >= 0.3 is 0 Å². The highest BCUT2D eigenvalue weighted by atomic mass is 15.1. The molecule has 8 aromatic rings. The van der Waals surface area contributed by atoms with E-state index in [-0.39, 0.29) is 5.41 Å². The Bertz CT molecular complexity index is 2520. The number of hydrogen-bond acceptors (Lipinski definition) is 1. The third kappa shape index (κ3) is 4.85. The van der Waals surface area contributed by atoms with Gasteiger partial charge in [0.25, 0.3) is 0 Å². The summed E-state index contributed by atoms with van der Waals surface area (Å²) in [5.74, 6) is 0. The summed E-state index contributed by atoms with van der Waals surface area (Å²) in [5, 5.41) is 5.04. The first-order valence-corrected chi connectivity index (χ1v) is 17.2. The van der Waals surface area contributed by atoms with Crippen LogP contribution in [0.1, 0.15) is 30.5 Å². The monoisotopic (exact) mass is 627 g/mol. The van der Waals surface area contributed by atoms with Crippen LogP contribution in [0.2, 0.25) is 0 Å². The lowest BCUT2D eigenvalue weighted by Gasteiger charge is -2.29. The number of rotatable bonds is 5. The van der Waals surface area contributed by atoms with Gasteiger partial charge in [0, 0.05) is 22.2 Å². The van der Waals surface area contributed by atoms with Gasteiger partial charge in [-0.25, -0.2) is 0 Å². The van der Waals surface area contributed by atoms with Gasteiger partial charge in [-0.2, -0.15) is 0 Å². The van der Waals surface area contributed by atoms with E-state index in [9.17, 15) is 0 Å². The maximum Gasteiger partial charge on any atom is 0.0546 e. The molecule has 0 radical (unpaired) electrons. The average Bonchev–Trinajstić information content (AvgIpc) is 3.37. The minimum absolute atomic E-state index is 0.162. The van der Waals surface area contributed by atoms with E-state index in [1.54, 1.807) is 0 Å². The van der Waals surface area contributed by atoms with Crippen LogP contribution in [0.5, 0.6) is 0 Å². The molecule has 0 unspecified atom stereocenters. The zero-order valence-electron chi connectivity index (χ0n) is 28.1. The SMILES string of the molecule is Cc1cccc(N(c2ccc3c(c2)C(C)(C)c2cc(-c4ccc(-c5ccccc5)cc4)ccc2-3)c2cc3ccccc3c3ccccc23)c1. The maximum atomic E-state index is 2.46. The van der Waals surface area contributed by atoms with Gasteiger partial charge < -0.3 is 4.90 Å². The molecule has 0 aromatic heterocycles. The number of aryl methyl sites for hydroxylation is 1. The quantitative estimate of drug-likeness (QED) is 0.172. The van der Waals surface area contributed by atoms with Crippen LogP contribution in [0.15, 0.2) is 170 Å². The second-order valence-corrected chi connectivity index (χ2v) is 13.9. The van der Waals surface area contributed by atoms with E-state index in [2.05, 4.69) is 196 Å². The molecule has 1 aliphatic rings. The summed E-state index contributed by atoms with van der Waals surface area (Å²) in [4.78, 5) is 2.46. The summed E-state index contributed by atoms with van der Waals surface area (Å²) in [5.41, 5.74) is 15.0. The lowest BCUT2D eigenvalue weighted by molar-refractivity contribution is 0.660. The fourth-order valence-corrected chi connectivity index (χ4v) is 7.94. The van der Waals surface area contributed by atoms with E-state index in [4.69, 9.17) is 0 Å². The molecule has 9 rings (SSSR count). The largest absolute Gasteiger partial charge is 0.310 e. The number of hydrogen-bond donors (Lipinski definition) is 0. The van der Waals surface area contributed by atoms with Crippen molar-refractivity contribution in [3.8, 4) is 33.4 Å². The minimum Gasteiger partial charge on any atom is -0.310 e. The Balaban J connectivity index is 1.17. The lowest BCUT2D eigenvalue weighted by Crippen LogP contribution is -2.17.